The molecule has 4 atom stereocenters. The fourth-order valence-electron chi connectivity index (χ4n) is 1.92. The van der Waals surface area contributed by atoms with Crippen molar-refractivity contribution in [3.63, 3.8) is 0 Å². The minimum atomic E-state index is -4.70. The topological polar surface area (TPSA) is 157 Å². The molecule has 1 aromatic heterocycles. The van der Waals surface area contributed by atoms with Gasteiger partial charge in [-0.25, -0.2) is 9.36 Å². The van der Waals surface area contributed by atoms with Gasteiger partial charge >= 0.3 is 13.5 Å². The third-order valence-corrected chi connectivity index (χ3v) is 4.66. The highest BCUT2D eigenvalue weighted by Gasteiger charge is 2.42. The average Bonchev–Trinajstić information content (AvgIpc) is 2.68. The molecule has 12 heteroatoms. The lowest BCUT2D eigenvalue weighted by atomic mass is 10.2. The first-order valence-corrected chi connectivity index (χ1v) is 8.51. The van der Waals surface area contributed by atoms with Gasteiger partial charge in [-0.05, 0) is 28.7 Å². The van der Waals surface area contributed by atoms with Crippen LogP contribution in [-0.2, 0) is 13.8 Å². The first-order valence-electron chi connectivity index (χ1n) is 5.73. The Balaban J connectivity index is 2.14. The molecule has 1 aliphatic rings. The number of anilines is 1. The number of hydrogen-bond donors (Lipinski definition) is 4. The van der Waals surface area contributed by atoms with E-state index in [1.165, 1.54) is 12.3 Å². The third-order valence-electron chi connectivity index (χ3n) is 2.79. The standard InChI is InChI=1S/C9H13IN3O7P/c10-8(20-21(16,17)18)7-4(14)3-6(19-7)13-2-1-5(11)12-9(13)15/h1-2,4,6-8,14H,3H2,(H2,11,12,15)(H2,16,17,18)/t4-,6+,7-,8?/m0/s1. The van der Waals surface area contributed by atoms with Crippen LogP contribution >= 0.6 is 30.4 Å². The zero-order valence-electron chi connectivity index (χ0n) is 10.4. The highest BCUT2D eigenvalue weighted by Crippen LogP contribution is 2.43. The van der Waals surface area contributed by atoms with Gasteiger partial charge in [0.2, 0.25) is 0 Å². The van der Waals surface area contributed by atoms with Gasteiger partial charge in [-0.1, -0.05) is 0 Å². The third kappa shape index (κ3) is 4.22. The molecule has 1 aliphatic heterocycles. The number of phosphoric ester groups is 1. The molecule has 0 spiro atoms. The molecule has 0 amide bonds. The van der Waals surface area contributed by atoms with Crippen LogP contribution in [0, 0.1) is 0 Å². The summed E-state index contributed by atoms with van der Waals surface area (Å²) in [5, 5.41) is 9.91. The van der Waals surface area contributed by atoms with Crippen LogP contribution in [0.15, 0.2) is 17.1 Å². The largest absolute Gasteiger partial charge is 0.470 e. The van der Waals surface area contributed by atoms with E-state index in [0.29, 0.717) is 0 Å². The van der Waals surface area contributed by atoms with Gasteiger partial charge in [-0.3, -0.25) is 9.09 Å². The predicted molar refractivity (Wildman–Crippen MR) is 78.4 cm³/mol. The molecule has 2 rings (SSSR count). The van der Waals surface area contributed by atoms with Crippen molar-refractivity contribution >= 4 is 36.2 Å². The number of aliphatic hydroxyl groups excluding tert-OH is 1. The molecule has 1 aromatic rings. The molecule has 5 N–H and O–H groups in total. The number of phosphoric acid groups is 1. The molecule has 0 aliphatic carbocycles. The Kier molecular flexibility index (Phi) is 5.03. The van der Waals surface area contributed by atoms with Gasteiger partial charge in [0.15, 0.2) is 0 Å². The van der Waals surface area contributed by atoms with E-state index in [1.54, 1.807) is 22.6 Å². The van der Waals surface area contributed by atoms with Crippen LogP contribution < -0.4 is 11.4 Å². The molecule has 2 heterocycles. The number of aromatic nitrogens is 2. The molecule has 1 fully saturated rings. The van der Waals surface area contributed by atoms with Crippen molar-refractivity contribution < 1.29 is 28.7 Å². The maximum Gasteiger partial charge on any atom is 0.470 e. The highest BCUT2D eigenvalue weighted by atomic mass is 127. The smallest absolute Gasteiger partial charge is 0.390 e. The Labute approximate surface area is 132 Å². The van der Waals surface area contributed by atoms with Crippen molar-refractivity contribution in [2.45, 2.75) is 29.0 Å². The lowest BCUT2D eigenvalue weighted by Crippen LogP contribution is -2.32. The van der Waals surface area contributed by atoms with Crippen LogP contribution in [-0.4, -0.2) is 40.8 Å². The van der Waals surface area contributed by atoms with Gasteiger partial charge < -0.3 is 25.4 Å². The molecule has 21 heavy (non-hydrogen) atoms. The van der Waals surface area contributed by atoms with E-state index in [4.69, 9.17) is 20.3 Å². The molecular formula is C9H13IN3O7P. The van der Waals surface area contributed by atoms with Gasteiger partial charge in [0.1, 0.15) is 22.3 Å². The zero-order valence-corrected chi connectivity index (χ0v) is 13.5. The van der Waals surface area contributed by atoms with Gasteiger partial charge in [-0.15, -0.1) is 0 Å². The summed E-state index contributed by atoms with van der Waals surface area (Å²) in [5.41, 5.74) is 4.73. The van der Waals surface area contributed by atoms with E-state index in [1.807, 2.05) is 0 Å². The number of nitrogens with zero attached hydrogens (tertiary/aromatic N) is 2. The molecule has 1 unspecified atom stereocenters. The molecule has 0 radical (unpaired) electrons. The summed E-state index contributed by atoms with van der Waals surface area (Å²) in [7, 11) is -4.70. The number of ether oxygens (including phenoxy) is 1. The number of nitrogens with two attached hydrogens (primary N) is 1. The maximum absolute atomic E-state index is 11.7. The molecule has 0 saturated carbocycles. The summed E-state index contributed by atoms with van der Waals surface area (Å²) in [6, 6.07) is 1.40. The van der Waals surface area contributed by atoms with Crippen LogP contribution in [0.4, 0.5) is 5.82 Å². The lowest BCUT2D eigenvalue weighted by Gasteiger charge is -2.21. The lowest BCUT2D eigenvalue weighted by molar-refractivity contribution is -0.0506. The van der Waals surface area contributed by atoms with Crippen molar-refractivity contribution in [2.75, 3.05) is 5.73 Å². The average molecular weight is 433 g/mol. The van der Waals surface area contributed by atoms with Crippen LogP contribution in [0.3, 0.4) is 0 Å². The SMILES string of the molecule is Nc1ccn([C@H]2C[C@H](O)[C@@H](C(I)OP(=O)(O)O)O2)c(=O)n1. The first-order chi connectivity index (χ1) is 9.67. The summed E-state index contributed by atoms with van der Waals surface area (Å²) in [6.45, 7) is 0. The second kappa shape index (κ2) is 6.28. The number of rotatable bonds is 4. The molecule has 118 valence electrons. The van der Waals surface area contributed by atoms with E-state index in [-0.39, 0.29) is 12.2 Å². The Morgan fingerprint density at radius 1 is 1.62 bits per heavy atom. The summed E-state index contributed by atoms with van der Waals surface area (Å²) in [4.78, 5) is 32.8. The minimum absolute atomic E-state index is 0.0557. The summed E-state index contributed by atoms with van der Waals surface area (Å²) < 4.78 is 20.8. The van der Waals surface area contributed by atoms with E-state index < -0.39 is 36.1 Å². The van der Waals surface area contributed by atoms with Gasteiger partial charge in [-0.2, -0.15) is 4.98 Å². The number of alkyl halides is 1. The highest BCUT2D eigenvalue weighted by molar-refractivity contribution is 14.1. The van der Waals surface area contributed by atoms with Gasteiger partial charge in [0, 0.05) is 12.6 Å². The minimum Gasteiger partial charge on any atom is -0.390 e. The van der Waals surface area contributed by atoms with Crippen LogP contribution in [0.2, 0.25) is 0 Å². The Morgan fingerprint density at radius 3 is 2.86 bits per heavy atom. The Morgan fingerprint density at radius 2 is 2.29 bits per heavy atom. The van der Waals surface area contributed by atoms with E-state index in [9.17, 15) is 14.5 Å². The van der Waals surface area contributed by atoms with Crippen molar-refractivity contribution in [3.8, 4) is 0 Å². The van der Waals surface area contributed by atoms with E-state index >= 15 is 0 Å². The summed E-state index contributed by atoms with van der Waals surface area (Å²) >= 11 is 1.60. The van der Waals surface area contributed by atoms with Gasteiger partial charge in [0.25, 0.3) is 0 Å². The fourth-order valence-corrected chi connectivity index (χ4v) is 3.84. The van der Waals surface area contributed by atoms with Crippen molar-refractivity contribution in [1.82, 2.24) is 9.55 Å². The maximum atomic E-state index is 11.7. The fraction of sp³-hybridized carbons (Fsp3) is 0.556. The second-order valence-electron chi connectivity index (χ2n) is 4.35. The quantitative estimate of drug-likeness (QED) is 0.275. The molecule has 1 saturated heterocycles. The molecular weight excluding hydrogens is 420 g/mol. The van der Waals surface area contributed by atoms with Crippen LogP contribution in [0.1, 0.15) is 12.6 Å². The number of hydrogen-bond acceptors (Lipinski definition) is 7. The monoisotopic (exact) mass is 433 g/mol. The Hall–Kier alpha value is -0.560. The number of halogens is 1. The van der Waals surface area contributed by atoms with Gasteiger partial charge in [0.05, 0.1) is 6.10 Å². The number of aliphatic hydroxyl groups is 1. The van der Waals surface area contributed by atoms with Crippen molar-refractivity contribution in [3.05, 3.63) is 22.7 Å². The zero-order chi connectivity index (χ0) is 15.8. The Bertz CT molecular complexity index is 620. The van der Waals surface area contributed by atoms with Crippen molar-refractivity contribution in [2.24, 2.45) is 0 Å². The molecule has 10 nitrogen and oxygen atoms in total. The number of nitrogen functional groups attached to an aromatic ring is 1. The molecule has 0 aromatic carbocycles. The van der Waals surface area contributed by atoms with E-state index in [2.05, 4.69) is 9.51 Å². The first kappa shape index (κ1) is 16.8. The predicted octanol–water partition coefficient (Wildman–Crippen LogP) is -0.656. The van der Waals surface area contributed by atoms with Crippen LogP contribution in [0.5, 0.6) is 0 Å². The normalized spacial score (nSPS) is 27.7. The molecule has 0 bridgehead atoms. The second-order valence-corrected chi connectivity index (χ2v) is 6.77. The summed E-state index contributed by atoms with van der Waals surface area (Å²) in [6.07, 6.45) is -1.43. The van der Waals surface area contributed by atoms with Crippen molar-refractivity contribution in [1.29, 1.82) is 0 Å². The summed E-state index contributed by atoms with van der Waals surface area (Å²) in [5.74, 6) is 0.0583. The van der Waals surface area contributed by atoms with Crippen LogP contribution in [0.25, 0.3) is 0 Å². The van der Waals surface area contributed by atoms with E-state index in [0.717, 1.165) is 4.57 Å².